The van der Waals surface area contributed by atoms with Crippen LogP contribution in [-0.2, 0) is 32.2 Å². The third-order valence-electron chi connectivity index (χ3n) is 3.69. The van der Waals surface area contributed by atoms with E-state index in [4.69, 9.17) is 4.74 Å². The van der Waals surface area contributed by atoms with Crippen LogP contribution >= 0.6 is 0 Å². The highest BCUT2D eigenvalue weighted by molar-refractivity contribution is 7.92. The molecule has 1 aromatic carbocycles. The number of ether oxygens (including phenoxy) is 1. The number of rotatable bonds is 5. The van der Waals surface area contributed by atoms with Crippen LogP contribution in [-0.4, -0.2) is 26.2 Å². The Hall–Kier alpha value is -1.36. The molecule has 4 nitrogen and oxygen atoms in total. The van der Waals surface area contributed by atoms with E-state index in [-0.39, 0.29) is 17.9 Å². The zero-order valence-corrected chi connectivity index (χ0v) is 12.7. The Morgan fingerprint density at radius 1 is 1.25 bits per heavy atom. The van der Waals surface area contributed by atoms with Gasteiger partial charge in [-0.1, -0.05) is 13.0 Å². The molecule has 0 aliphatic heterocycles. The van der Waals surface area contributed by atoms with Crippen LogP contribution in [0.3, 0.4) is 0 Å². The van der Waals surface area contributed by atoms with Crippen molar-refractivity contribution in [1.29, 1.82) is 0 Å². The molecule has 1 aliphatic carbocycles. The van der Waals surface area contributed by atoms with Crippen molar-refractivity contribution in [2.24, 2.45) is 0 Å². The molecule has 0 fully saturated rings. The maximum atomic E-state index is 12.6. The van der Waals surface area contributed by atoms with Crippen molar-refractivity contribution < 1.29 is 17.9 Å². The van der Waals surface area contributed by atoms with E-state index < -0.39 is 21.1 Å². The number of benzene rings is 1. The summed E-state index contributed by atoms with van der Waals surface area (Å²) in [6.45, 7) is 3.55. The summed E-state index contributed by atoms with van der Waals surface area (Å²) in [7, 11) is -3.67. The number of aryl methyl sites for hydroxylation is 2. The topological polar surface area (TPSA) is 60.4 Å². The van der Waals surface area contributed by atoms with Gasteiger partial charge in [0.2, 0.25) is 0 Å². The minimum absolute atomic E-state index is 0.190. The standard InChI is InChI=1S/C15H20O4S/c1-3-14(15(16)19-4-2)20(17,18)13-9-8-11-6-5-7-12(11)10-13/h8-10,14H,3-7H2,1-2H3. The zero-order valence-electron chi connectivity index (χ0n) is 11.9. The number of sulfone groups is 1. The highest BCUT2D eigenvalue weighted by Crippen LogP contribution is 2.27. The molecule has 1 unspecified atom stereocenters. The van der Waals surface area contributed by atoms with Crippen LogP contribution in [0.15, 0.2) is 23.1 Å². The molecule has 0 aromatic heterocycles. The number of esters is 1. The average molecular weight is 296 g/mol. The number of hydrogen-bond donors (Lipinski definition) is 0. The zero-order chi connectivity index (χ0) is 14.8. The number of carbonyl (C=O) groups is 1. The molecule has 0 bridgehead atoms. The van der Waals surface area contributed by atoms with Crippen LogP contribution in [0, 0.1) is 0 Å². The maximum Gasteiger partial charge on any atom is 0.324 e. The van der Waals surface area contributed by atoms with Gasteiger partial charge < -0.3 is 4.74 Å². The molecule has 0 N–H and O–H groups in total. The molecule has 1 atom stereocenters. The summed E-state index contributed by atoms with van der Waals surface area (Å²) in [6.07, 6.45) is 3.20. The lowest BCUT2D eigenvalue weighted by atomic mass is 10.1. The lowest BCUT2D eigenvalue weighted by Gasteiger charge is -2.15. The quantitative estimate of drug-likeness (QED) is 0.782. The minimum atomic E-state index is -3.67. The SMILES string of the molecule is CCOC(=O)C(CC)S(=O)(=O)c1ccc2c(c1)CCC2. The van der Waals surface area contributed by atoms with E-state index in [2.05, 4.69) is 0 Å². The first-order valence-corrected chi connectivity index (χ1v) is 8.57. The van der Waals surface area contributed by atoms with Gasteiger partial charge in [0, 0.05) is 0 Å². The molecule has 1 aromatic rings. The van der Waals surface area contributed by atoms with Gasteiger partial charge in [-0.05, 0) is 55.9 Å². The summed E-state index contributed by atoms with van der Waals surface area (Å²) < 4.78 is 30.0. The second-order valence-electron chi connectivity index (χ2n) is 4.98. The predicted octanol–water partition coefficient (Wildman–Crippen LogP) is 2.29. The van der Waals surface area contributed by atoms with E-state index in [0.29, 0.717) is 0 Å². The summed E-state index contributed by atoms with van der Waals surface area (Å²) >= 11 is 0. The van der Waals surface area contributed by atoms with E-state index in [0.717, 1.165) is 24.8 Å². The van der Waals surface area contributed by atoms with Gasteiger partial charge in [-0.3, -0.25) is 4.79 Å². The first kappa shape index (κ1) is 15.0. The molecule has 0 heterocycles. The maximum absolute atomic E-state index is 12.6. The Bertz CT molecular complexity index is 604. The van der Waals surface area contributed by atoms with Gasteiger partial charge in [0.05, 0.1) is 11.5 Å². The number of hydrogen-bond acceptors (Lipinski definition) is 4. The lowest BCUT2D eigenvalue weighted by Crippen LogP contribution is -2.31. The van der Waals surface area contributed by atoms with Crippen molar-refractivity contribution in [1.82, 2.24) is 0 Å². The Kier molecular flexibility index (Phi) is 4.48. The summed E-state index contributed by atoms with van der Waals surface area (Å²) in [4.78, 5) is 12.1. The first-order chi connectivity index (χ1) is 9.50. The fourth-order valence-corrected chi connectivity index (χ4v) is 4.29. The van der Waals surface area contributed by atoms with E-state index in [1.165, 1.54) is 5.56 Å². The third kappa shape index (κ3) is 2.73. The van der Waals surface area contributed by atoms with E-state index in [1.807, 2.05) is 6.07 Å². The normalized spacial score (nSPS) is 15.7. The molecule has 2 rings (SSSR count). The average Bonchev–Trinajstić information content (AvgIpc) is 2.86. The number of fused-ring (bicyclic) bond motifs is 1. The van der Waals surface area contributed by atoms with Crippen LogP contribution < -0.4 is 0 Å². The van der Waals surface area contributed by atoms with Gasteiger partial charge in [0.1, 0.15) is 0 Å². The molecule has 20 heavy (non-hydrogen) atoms. The molecule has 0 saturated heterocycles. The number of carbonyl (C=O) groups excluding carboxylic acids is 1. The van der Waals surface area contributed by atoms with Crippen LogP contribution in [0.25, 0.3) is 0 Å². The minimum Gasteiger partial charge on any atom is -0.465 e. The summed E-state index contributed by atoms with van der Waals surface area (Å²) in [6, 6.07) is 5.20. The molecule has 0 amide bonds. The van der Waals surface area contributed by atoms with Crippen LogP contribution in [0.5, 0.6) is 0 Å². The highest BCUT2D eigenvalue weighted by atomic mass is 32.2. The first-order valence-electron chi connectivity index (χ1n) is 7.03. The molecular weight excluding hydrogens is 276 g/mol. The van der Waals surface area contributed by atoms with Crippen LogP contribution in [0.4, 0.5) is 0 Å². The second kappa shape index (κ2) is 5.95. The molecule has 1 aliphatic rings. The second-order valence-corrected chi connectivity index (χ2v) is 7.11. The van der Waals surface area contributed by atoms with E-state index in [1.54, 1.807) is 26.0 Å². The van der Waals surface area contributed by atoms with E-state index >= 15 is 0 Å². The van der Waals surface area contributed by atoms with Crippen molar-refractivity contribution in [2.45, 2.75) is 49.7 Å². The Morgan fingerprint density at radius 2 is 1.95 bits per heavy atom. The predicted molar refractivity (Wildman–Crippen MR) is 76.4 cm³/mol. The lowest BCUT2D eigenvalue weighted by molar-refractivity contribution is -0.142. The van der Waals surface area contributed by atoms with Crippen LogP contribution in [0.1, 0.15) is 37.8 Å². The summed E-state index contributed by atoms with van der Waals surface area (Å²) in [5.41, 5.74) is 2.30. The van der Waals surface area contributed by atoms with Crippen molar-refractivity contribution in [2.75, 3.05) is 6.61 Å². The fraction of sp³-hybridized carbons (Fsp3) is 0.533. The third-order valence-corrected chi connectivity index (χ3v) is 5.88. The van der Waals surface area contributed by atoms with Gasteiger partial charge in [-0.2, -0.15) is 0 Å². The van der Waals surface area contributed by atoms with Gasteiger partial charge in [0.15, 0.2) is 15.1 Å². The van der Waals surface area contributed by atoms with Gasteiger partial charge in [-0.15, -0.1) is 0 Å². The molecular formula is C15H20O4S. The van der Waals surface area contributed by atoms with Gasteiger partial charge in [-0.25, -0.2) is 8.42 Å². The van der Waals surface area contributed by atoms with Crippen LogP contribution in [0.2, 0.25) is 0 Å². The fourth-order valence-electron chi connectivity index (χ4n) is 2.64. The summed E-state index contributed by atoms with van der Waals surface area (Å²) in [5.74, 6) is -0.657. The molecule has 5 heteroatoms. The van der Waals surface area contributed by atoms with Crippen molar-refractivity contribution >= 4 is 15.8 Å². The molecule has 0 radical (unpaired) electrons. The Morgan fingerprint density at radius 3 is 2.60 bits per heavy atom. The van der Waals surface area contributed by atoms with Crippen molar-refractivity contribution in [3.8, 4) is 0 Å². The smallest absolute Gasteiger partial charge is 0.324 e. The van der Waals surface area contributed by atoms with Crippen molar-refractivity contribution in [3.63, 3.8) is 0 Å². The Labute approximate surface area is 120 Å². The Balaban J connectivity index is 2.36. The van der Waals surface area contributed by atoms with Gasteiger partial charge >= 0.3 is 5.97 Å². The monoisotopic (exact) mass is 296 g/mol. The van der Waals surface area contributed by atoms with Crippen molar-refractivity contribution in [3.05, 3.63) is 29.3 Å². The largest absolute Gasteiger partial charge is 0.465 e. The summed E-state index contributed by atoms with van der Waals surface area (Å²) in [5, 5.41) is -1.11. The molecule has 0 saturated carbocycles. The van der Waals surface area contributed by atoms with E-state index in [9.17, 15) is 13.2 Å². The van der Waals surface area contributed by atoms with Gasteiger partial charge in [0.25, 0.3) is 0 Å². The molecule has 0 spiro atoms. The molecule has 110 valence electrons. The highest BCUT2D eigenvalue weighted by Gasteiger charge is 2.34.